The third-order valence-electron chi connectivity index (χ3n) is 4.83. The van der Waals surface area contributed by atoms with Crippen molar-refractivity contribution in [2.75, 3.05) is 38.2 Å². The van der Waals surface area contributed by atoms with E-state index >= 15 is 0 Å². The minimum absolute atomic E-state index is 0.00962. The molecule has 2 aliphatic heterocycles. The quantitative estimate of drug-likeness (QED) is 0.904. The second kappa shape index (κ2) is 5.50. The number of aliphatic hydroxyl groups excluding tert-OH is 1. The van der Waals surface area contributed by atoms with E-state index in [0.29, 0.717) is 6.04 Å². The van der Waals surface area contributed by atoms with Crippen LogP contribution in [0, 0.1) is 0 Å². The second-order valence-corrected chi connectivity index (χ2v) is 6.18. The smallest absolute Gasteiger partial charge is 0.134 e. The summed E-state index contributed by atoms with van der Waals surface area (Å²) in [6.07, 6.45) is 0.235. The zero-order chi connectivity index (χ0) is 15.1. The normalized spacial score (nSPS) is 25.6. The standard InChI is InChI=1S/C17H21N3O2/c1-19-6-7-22-16-10-20(9-15(16)19)17-13(11-21)8-12-4-2-3-5-14(12)18-17/h2-5,8,15-16,21H,6-7,9-11H2,1H3/t15-,16+/m0/s1. The highest BCUT2D eigenvalue weighted by Crippen LogP contribution is 2.30. The molecule has 0 spiro atoms. The van der Waals surface area contributed by atoms with Crippen molar-refractivity contribution in [3.63, 3.8) is 0 Å². The van der Waals surface area contributed by atoms with E-state index in [9.17, 15) is 5.11 Å². The van der Waals surface area contributed by atoms with Crippen LogP contribution in [0.5, 0.6) is 0 Å². The second-order valence-electron chi connectivity index (χ2n) is 6.18. The van der Waals surface area contributed by atoms with E-state index in [1.54, 1.807) is 0 Å². The van der Waals surface area contributed by atoms with Crippen LogP contribution in [-0.4, -0.2) is 60.4 Å². The van der Waals surface area contributed by atoms with Gasteiger partial charge in [-0.15, -0.1) is 0 Å². The average molecular weight is 299 g/mol. The summed E-state index contributed by atoms with van der Waals surface area (Å²) >= 11 is 0. The van der Waals surface area contributed by atoms with Crippen LogP contribution >= 0.6 is 0 Å². The number of benzene rings is 1. The highest BCUT2D eigenvalue weighted by molar-refractivity contribution is 5.81. The molecule has 0 saturated carbocycles. The summed E-state index contributed by atoms with van der Waals surface area (Å²) in [6, 6.07) is 10.5. The first-order valence-electron chi connectivity index (χ1n) is 7.82. The largest absolute Gasteiger partial charge is 0.392 e. The molecule has 0 bridgehead atoms. The lowest BCUT2D eigenvalue weighted by molar-refractivity contribution is -0.0362. The molecule has 0 aliphatic carbocycles. The molecule has 5 heteroatoms. The number of morpholine rings is 1. The maximum Gasteiger partial charge on any atom is 0.134 e. The van der Waals surface area contributed by atoms with Crippen molar-refractivity contribution in [1.82, 2.24) is 9.88 Å². The van der Waals surface area contributed by atoms with Crippen LogP contribution in [0.1, 0.15) is 5.56 Å². The lowest BCUT2D eigenvalue weighted by Crippen LogP contribution is -2.48. The minimum atomic E-state index is 0.00962. The van der Waals surface area contributed by atoms with Crippen LogP contribution in [0.3, 0.4) is 0 Å². The number of anilines is 1. The van der Waals surface area contributed by atoms with Crippen molar-refractivity contribution in [2.24, 2.45) is 0 Å². The lowest BCUT2D eigenvalue weighted by atomic mass is 10.1. The Hall–Kier alpha value is -1.69. The summed E-state index contributed by atoms with van der Waals surface area (Å²) in [4.78, 5) is 9.43. The van der Waals surface area contributed by atoms with E-state index in [-0.39, 0.29) is 12.7 Å². The van der Waals surface area contributed by atoms with Gasteiger partial charge in [-0.05, 0) is 19.2 Å². The number of ether oxygens (including phenoxy) is 1. The molecule has 4 rings (SSSR count). The Bertz CT molecular complexity index is 691. The molecule has 0 radical (unpaired) electrons. The van der Waals surface area contributed by atoms with Crippen molar-refractivity contribution in [1.29, 1.82) is 0 Å². The molecule has 2 aromatic rings. The Morgan fingerprint density at radius 3 is 3.00 bits per heavy atom. The van der Waals surface area contributed by atoms with Gasteiger partial charge in [0.25, 0.3) is 0 Å². The van der Waals surface area contributed by atoms with Crippen molar-refractivity contribution in [3.05, 3.63) is 35.9 Å². The monoisotopic (exact) mass is 299 g/mol. The fourth-order valence-corrected chi connectivity index (χ4v) is 3.57. The number of pyridine rings is 1. The van der Waals surface area contributed by atoms with Crippen molar-refractivity contribution in [3.8, 4) is 0 Å². The average Bonchev–Trinajstić information content (AvgIpc) is 2.99. The van der Waals surface area contributed by atoms with Crippen LogP contribution < -0.4 is 4.90 Å². The molecule has 3 heterocycles. The molecule has 116 valence electrons. The van der Waals surface area contributed by atoms with Crippen LogP contribution in [0.4, 0.5) is 5.82 Å². The van der Waals surface area contributed by atoms with Gasteiger partial charge in [-0.1, -0.05) is 18.2 Å². The lowest BCUT2D eigenvalue weighted by Gasteiger charge is -2.33. The fraction of sp³-hybridized carbons (Fsp3) is 0.471. The summed E-state index contributed by atoms with van der Waals surface area (Å²) in [5, 5.41) is 10.8. The number of aromatic nitrogens is 1. The van der Waals surface area contributed by atoms with E-state index < -0.39 is 0 Å². The van der Waals surface area contributed by atoms with Gasteiger partial charge < -0.3 is 14.7 Å². The topological polar surface area (TPSA) is 48.8 Å². The third-order valence-corrected chi connectivity index (χ3v) is 4.83. The van der Waals surface area contributed by atoms with E-state index in [2.05, 4.69) is 16.8 Å². The summed E-state index contributed by atoms with van der Waals surface area (Å²) < 4.78 is 5.91. The van der Waals surface area contributed by atoms with Gasteiger partial charge in [0, 0.05) is 30.6 Å². The Kier molecular flexibility index (Phi) is 3.48. The Labute approximate surface area is 130 Å². The molecule has 2 aliphatic rings. The van der Waals surface area contributed by atoms with Crippen LogP contribution in [0.25, 0.3) is 10.9 Å². The highest BCUT2D eigenvalue weighted by atomic mass is 16.5. The molecule has 0 amide bonds. The minimum Gasteiger partial charge on any atom is -0.392 e. The predicted molar refractivity (Wildman–Crippen MR) is 86.0 cm³/mol. The molecule has 1 aromatic carbocycles. The maximum absolute atomic E-state index is 9.74. The zero-order valence-corrected chi connectivity index (χ0v) is 12.8. The van der Waals surface area contributed by atoms with E-state index in [1.165, 1.54) is 0 Å². The number of para-hydroxylation sites is 1. The van der Waals surface area contributed by atoms with Gasteiger partial charge in [-0.25, -0.2) is 4.98 Å². The molecule has 1 N–H and O–H groups in total. The number of hydrogen-bond acceptors (Lipinski definition) is 5. The number of hydrogen-bond donors (Lipinski definition) is 1. The zero-order valence-electron chi connectivity index (χ0n) is 12.8. The van der Waals surface area contributed by atoms with Gasteiger partial charge in [0.1, 0.15) is 5.82 Å². The molecule has 22 heavy (non-hydrogen) atoms. The summed E-state index contributed by atoms with van der Waals surface area (Å²) in [5.74, 6) is 0.896. The summed E-state index contributed by atoms with van der Waals surface area (Å²) in [5.41, 5.74) is 1.86. The molecule has 0 unspecified atom stereocenters. The third kappa shape index (κ3) is 2.26. The van der Waals surface area contributed by atoms with Gasteiger partial charge in [0.2, 0.25) is 0 Å². The van der Waals surface area contributed by atoms with Crippen LogP contribution in [0.2, 0.25) is 0 Å². The first-order valence-corrected chi connectivity index (χ1v) is 7.82. The van der Waals surface area contributed by atoms with E-state index in [1.807, 2.05) is 30.3 Å². The van der Waals surface area contributed by atoms with Gasteiger partial charge in [-0.2, -0.15) is 0 Å². The molecule has 2 atom stereocenters. The Balaban J connectivity index is 1.71. The highest BCUT2D eigenvalue weighted by Gasteiger charge is 2.39. The first-order chi connectivity index (χ1) is 10.8. The van der Waals surface area contributed by atoms with E-state index in [4.69, 9.17) is 9.72 Å². The predicted octanol–water partition coefficient (Wildman–Crippen LogP) is 1.25. The Morgan fingerprint density at radius 2 is 2.18 bits per heavy atom. The molecule has 5 nitrogen and oxygen atoms in total. The number of rotatable bonds is 2. The van der Waals surface area contributed by atoms with Crippen molar-refractivity contribution in [2.45, 2.75) is 18.8 Å². The van der Waals surface area contributed by atoms with Gasteiger partial charge in [0.05, 0.1) is 30.9 Å². The fourth-order valence-electron chi connectivity index (χ4n) is 3.57. The van der Waals surface area contributed by atoms with Gasteiger partial charge in [-0.3, -0.25) is 4.90 Å². The Morgan fingerprint density at radius 1 is 1.32 bits per heavy atom. The number of nitrogens with zero attached hydrogens (tertiary/aromatic N) is 3. The maximum atomic E-state index is 9.74. The summed E-state index contributed by atoms with van der Waals surface area (Å²) in [6.45, 7) is 3.53. The molecule has 2 saturated heterocycles. The summed E-state index contributed by atoms with van der Waals surface area (Å²) in [7, 11) is 2.16. The molecule has 2 fully saturated rings. The number of likely N-dealkylation sites (N-methyl/N-ethyl adjacent to an activating group) is 1. The van der Waals surface area contributed by atoms with Crippen LogP contribution in [-0.2, 0) is 11.3 Å². The SMILES string of the molecule is CN1CCO[C@@H]2CN(c3nc4ccccc4cc3CO)C[C@@H]21. The molecular weight excluding hydrogens is 278 g/mol. The van der Waals surface area contributed by atoms with E-state index in [0.717, 1.165) is 48.5 Å². The van der Waals surface area contributed by atoms with Gasteiger partial charge in [0.15, 0.2) is 0 Å². The van der Waals surface area contributed by atoms with Crippen molar-refractivity contribution >= 4 is 16.7 Å². The van der Waals surface area contributed by atoms with Crippen molar-refractivity contribution < 1.29 is 9.84 Å². The van der Waals surface area contributed by atoms with Crippen LogP contribution in [0.15, 0.2) is 30.3 Å². The van der Waals surface area contributed by atoms with Gasteiger partial charge >= 0.3 is 0 Å². The number of fused-ring (bicyclic) bond motifs is 2. The number of aliphatic hydroxyl groups is 1. The first kappa shape index (κ1) is 13.9. The molecule has 1 aromatic heterocycles. The molecular formula is C17H21N3O2.